The Labute approximate surface area is 112 Å². The van der Waals surface area contributed by atoms with Crippen LogP contribution in [0.5, 0.6) is 0 Å². The zero-order valence-corrected chi connectivity index (χ0v) is 11.8. The number of carbonyl (C=O) groups excluding carboxylic acids is 2. The second kappa shape index (κ2) is 5.91. The topological polar surface area (TPSA) is 81.9 Å². The number of esters is 1. The summed E-state index contributed by atoms with van der Waals surface area (Å²) in [4.78, 5) is 28.6. The van der Waals surface area contributed by atoms with Crippen molar-refractivity contribution in [3.05, 3.63) is 17.0 Å². The van der Waals surface area contributed by atoms with Crippen molar-refractivity contribution >= 4 is 11.9 Å². The van der Waals surface area contributed by atoms with Crippen molar-refractivity contribution < 1.29 is 19.2 Å². The molecule has 0 amide bonds. The van der Waals surface area contributed by atoms with Crippen LogP contribution in [0.4, 0.5) is 0 Å². The lowest BCUT2D eigenvalue weighted by molar-refractivity contribution is -0.206. The predicted molar refractivity (Wildman–Crippen MR) is 69.2 cm³/mol. The van der Waals surface area contributed by atoms with Gasteiger partial charge in [0.2, 0.25) is 0 Å². The Balaban J connectivity index is 3.08. The molecule has 0 saturated heterocycles. The summed E-state index contributed by atoms with van der Waals surface area (Å²) >= 11 is 0. The van der Waals surface area contributed by atoms with Gasteiger partial charge >= 0.3 is 5.97 Å². The van der Waals surface area contributed by atoms with E-state index < -0.39 is 11.6 Å². The monoisotopic (exact) mass is 268 g/mol. The quantitative estimate of drug-likeness (QED) is 0.605. The van der Waals surface area contributed by atoms with Gasteiger partial charge in [-0.1, -0.05) is 0 Å². The van der Waals surface area contributed by atoms with E-state index in [1.807, 2.05) is 20.8 Å². The molecule has 0 radical (unpaired) electrons. The third-order valence-corrected chi connectivity index (χ3v) is 2.35. The van der Waals surface area contributed by atoms with Gasteiger partial charge < -0.3 is 10.5 Å². The van der Waals surface area contributed by atoms with Crippen molar-refractivity contribution in [2.75, 3.05) is 13.2 Å². The molecule has 2 N–H and O–H groups in total. The molecule has 1 aliphatic rings. The maximum atomic E-state index is 11.8. The van der Waals surface area contributed by atoms with Gasteiger partial charge in [-0.15, -0.1) is 0 Å². The van der Waals surface area contributed by atoms with E-state index >= 15 is 0 Å². The number of nitrogens with zero attached hydrogens (tertiary/aromatic N) is 1. The molecular weight excluding hydrogens is 248 g/mol. The van der Waals surface area contributed by atoms with Gasteiger partial charge in [-0.2, -0.15) is 0 Å². The highest BCUT2D eigenvalue weighted by Gasteiger charge is 2.32. The van der Waals surface area contributed by atoms with Gasteiger partial charge in [-0.25, -0.2) is 14.7 Å². The number of hydrogen-bond donors (Lipinski definition) is 1. The molecule has 6 nitrogen and oxygen atoms in total. The smallest absolute Gasteiger partial charge is 0.342 e. The maximum absolute atomic E-state index is 11.8. The van der Waals surface area contributed by atoms with Crippen LogP contribution < -0.4 is 5.73 Å². The largest absolute Gasteiger partial charge is 0.462 e. The first-order chi connectivity index (χ1) is 8.80. The van der Waals surface area contributed by atoms with Crippen molar-refractivity contribution in [3.8, 4) is 0 Å². The Bertz CT molecular complexity index is 442. The van der Waals surface area contributed by atoms with Gasteiger partial charge in [0, 0.05) is 12.1 Å². The van der Waals surface area contributed by atoms with E-state index in [2.05, 4.69) is 0 Å². The standard InChI is InChI=1S/C13H20N2O4/c1-5-18-12(17)11-9(14)6-7-15(10(11)8-16)19-13(2,3)4/h5-7,14H2,1-4H3. The second-order valence-electron chi connectivity index (χ2n) is 5.13. The van der Waals surface area contributed by atoms with Crippen LogP contribution in [0.2, 0.25) is 0 Å². The molecule has 1 rings (SSSR count). The van der Waals surface area contributed by atoms with E-state index in [0.717, 1.165) is 0 Å². The van der Waals surface area contributed by atoms with E-state index in [0.29, 0.717) is 18.7 Å². The van der Waals surface area contributed by atoms with Crippen molar-refractivity contribution in [3.63, 3.8) is 0 Å². The lowest BCUT2D eigenvalue weighted by Gasteiger charge is -2.34. The fourth-order valence-electron chi connectivity index (χ4n) is 1.69. The first kappa shape index (κ1) is 15.3. The molecular formula is C13H20N2O4. The van der Waals surface area contributed by atoms with Crippen molar-refractivity contribution in [1.82, 2.24) is 5.06 Å². The van der Waals surface area contributed by atoms with Gasteiger partial charge in [0.25, 0.3) is 0 Å². The molecule has 0 aromatic carbocycles. The van der Waals surface area contributed by atoms with E-state index in [4.69, 9.17) is 15.3 Å². The van der Waals surface area contributed by atoms with E-state index in [1.54, 1.807) is 12.9 Å². The summed E-state index contributed by atoms with van der Waals surface area (Å²) in [6, 6.07) is 0. The second-order valence-corrected chi connectivity index (χ2v) is 5.13. The highest BCUT2D eigenvalue weighted by molar-refractivity contribution is 5.97. The number of ether oxygens (including phenoxy) is 1. The van der Waals surface area contributed by atoms with Gasteiger partial charge in [0.1, 0.15) is 5.57 Å². The molecule has 1 heterocycles. The first-order valence-corrected chi connectivity index (χ1v) is 6.18. The van der Waals surface area contributed by atoms with Crippen molar-refractivity contribution in [2.24, 2.45) is 5.73 Å². The number of hydroxylamine groups is 2. The Hall–Kier alpha value is -1.78. The predicted octanol–water partition coefficient (Wildman–Crippen LogP) is 0.914. The van der Waals surface area contributed by atoms with Crippen LogP contribution in [0, 0.1) is 0 Å². The molecule has 1 aliphatic heterocycles. The number of nitrogens with two attached hydrogens (primary N) is 1. The van der Waals surface area contributed by atoms with Crippen molar-refractivity contribution in [1.29, 1.82) is 0 Å². The zero-order valence-electron chi connectivity index (χ0n) is 11.8. The third kappa shape index (κ3) is 3.84. The Morgan fingerprint density at radius 1 is 1.47 bits per heavy atom. The molecule has 0 aromatic rings. The maximum Gasteiger partial charge on any atom is 0.342 e. The average Bonchev–Trinajstić information content (AvgIpc) is 2.29. The lowest BCUT2D eigenvalue weighted by atomic mass is 10.0. The molecule has 0 fully saturated rings. The molecule has 0 aromatic heterocycles. The fraction of sp³-hybridized carbons (Fsp3) is 0.615. The fourth-order valence-corrected chi connectivity index (χ4v) is 1.69. The summed E-state index contributed by atoms with van der Waals surface area (Å²) < 4.78 is 4.90. The molecule has 0 aliphatic carbocycles. The lowest BCUT2D eigenvalue weighted by Crippen LogP contribution is -2.40. The van der Waals surface area contributed by atoms with Crippen LogP contribution in [0.3, 0.4) is 0 Å². The van der Waals surface area contributed by atoms with E-state index in [1.165, 1.54) is 5.06 Å². The van der Waals surface area contributed by atoms with Crippen LogP contribution in [0.15, 0.2) is 17.0 Å². The zero-order chi connectivity index (χ0) is 14.6. The van der Waals surface area contributed by atoms with Crippen LogP contribution >= 0.6 is 0 Å². The summed E-state index contributed by atoms with van der Waals surface area (Å²) in [5.74, 6) is 1.10. The molecule has 106 valence electrons. The molecule has 19 heavy (non-hydrogen) atoms. The van der Waals surface area contributed by atoms with Crippen LogP contribution in [0.1, 0.15) is 34.1 Å². The Morgan fingerprint density at radius 3 is 2.58 bits per heavy atom. The summed E-state index contributed by atoms with van der Waals surface area (Å²) in [5.41, 5.74) is 5.68. The van der Waals surface area contributed by atoms with Gasteiger partial charge in [-0.05, 0) is 27.7 Å². The SMILES string of the molecule is CCOC(=O)C1=C(N)CCN(OC(C)(C)C)C1=C=O. The molecule has 0 atom stereocenters. The highest BCUT2D eigenvalue weighted by atomic mass is 16.7. The minimum Gasteiger partial charge on any atom is -0.462 e. The number of rotatable bonds is 3. The summed E-state index contributed by atoms with van der Waals surface area (Å²) in [7, 11) is 0. The summed E-state index contributed by atoms with van der Waals surface area (Å²) in [6.45, 7) is 7.84. The molecule has 0 bridgehead atoms. The van der Waals surface area contributed by atoms with Crippen LogP contribution in [0.25, 0.3) is 0 Å². The number of hydrogen-bond acceptors (Lipinski definition) is 6. The first-order valence-electron chi connectivity index (χ1n) is 6.18. The normalized spacial score (nSPS) is 16.4. The van der Waals surface area contributed by atoms with Crippen LogP contribution in [-0.4, -0.2) is 35.7 Å². The third-order valence-electron chi connectivity index (χ3n) is 2.35. The molecule has 0 saturated carbocycles. The average molecular weight is 268 g/mol. The van der Waals surface area contributed by atoms with Gasteiger partial charge in [0.05, 0.1) is 18.8 Å². The Morgan fingerprint density at radius 2 is 2.11 bits per heavy atom. The van der Waals surface area contributed by atoms with Crippen LogP contribution in [-0.2, 0) is 19.2 Å². The minimum absolute atomic E-state index is 0.00266. The number of carbonyl (C=O) groups is 1. The molecule has 6 heteroatoms. The van der Waals surface area contributed by atoms with E-state index in [-0.39, 0.29) is 17.9 Å². The molecule has 0 spiro atoms. The summed E-state index contributed by atoms with van der Waals surface area (Å²) in [5, 5.41) is 1.36. The minimum atomic E-state index is -0.624. The van der Waals surface area contributed by atoms with Gasteiger partial charge in [-0.3, -0.25) is 4.84 Å². The summed E-state index contributed by atoms with van der Waals surface area (Å²) in [6.07, 6.45) is 0.426. The van der Waals surface area contributed by atoms with E-state index in [9.17, 15) is 9.59 Å². The Kier molecular flexibility index (Phi) is 4.75. The highest BCUT2D eigenvalue weighted by Crippen LogP contribution is 2.27. The molecule has 0 unspecified atom stereocenters. The van der Waals surface area contributed by atoms with Gasteiger partial charge in [0.15, 0.2) is 11.6 Å². The van der Waals surface area contributed by atoms with Crippen molar-refractivity contribution in [2.45, 2.75) is 39.7 Å².